The van der Waals surface area contributed by atoms with Gasteiger partial charge in [-0.2, -0.15) is 0 Å². The van der Waals surface area contributed by atoms with Crippen LogP contribution in [0.15, 0.2) is 18.5 Å². The van der Waals surface area contributed by atoms with Gasteiger partial charge < -0.3 is 14.6 Å². The fourth-order valence-electron chi connectivity index (χ4n) is 2.06. The molecule has 1 atom stereocenters. The number of aryl methyl sites for hydroxylation is 1. The van der Waals surface area contributed by atoms with Crippen molar-refractivity contribution in [2.45, 2.75) is 45.7 Å². The maximum absolute atomic E-state index is 5.34. The van der Waals surface area contributed by atoms with Crippen molar-refractivity contribution in [3.05, 3.63) is 24.0 Å². The number of rotatable bonds is 9. The van der Waals surface area contributed by atoms with E-state index in [1.807, 2.05) is 14.0 Å². The summed E-state index contributed by atoms with van der Waals surface area (Å²) in [6.45, 7) is 6.98. The number of hydrogen-bond donors (Lipinski definition) is 1. The normalized spacial score (nSPS) is 12.9. The van der Waals surface area contributed by atoms with Crippen LogP contribution in [0, 0.1) is 0 Å². The molecule has 1 N–H and O–H groups in total. The summed E-state index contributed by atoms with van der Waals surface area (Å²) in [6.07, 6.45) is 7.91. The Balaban J connectivity index is 2.40. The zero-order valence-electron chi connectivity index (χ0n) is 11.4. The van der Waals surface area contributed by atoms with E-state index >= 15 is 0 Å². The molecule has 3 heteroatoms. The molecule has 0 aliphatic carbocycles. The van der Waals surface area contributed by atoms with E-state index in [4.69, 9.17) is 4.74 Å². The van der Waals surface area contributed by atoms with Crippen molar-refractivity contribution in [1.29, 1.82) is 0 Å². The Labute approximate surface area is 105 Å². The second kappa shape index (κ2) is 8.31. The van der Waals surface area contributed by atoms with Crippen LogP contribution in [0.5, 0.6) is 0 Å². The van der Waals surface area contributed by atoms with E-state index in [0.717, 1.165) is 26.2 Å². The van der Waals surface area contributed by atoms with Crippen LogP contribution in [-0.4, -0.2) is 24.8 Å². The Morgan fingerprint density at radius 3 is 2.88 bits per heavy atom. The summed E-state index contributed by atoms with van der Waals surface area (Å²) in [5.41, 5.74) is 1.39. The Morgan fingerprint density at radius 1 is 1.41 bits per heavy atom. The summed E-state index contributed by atoms with van der Waals surface area (Å²) in [5.74, 6) is 0. The van der Waals surface area contributed by atoms with E-state index in [1.54, 1.807) is 0 Å². The summed E-state index contributed by atoms with van der Waals surface area (Å²) in [6, 6.07) is 2.71. The Morgan fingerprint density at radius 2 is 2.24 bits per heavy atom. The lowest BCUT2D eigenvalue weighted by Crippen LogP contribution is -2.15. The van der Waals surface area contributed by atoms with E-state index in [2.05, 4.69) is 35.3 Å². The quantitative estimate of drug-likeness (QED) is 0.669. The monoisotopic (exact) mass is 238 g/mol. The number of ether oxygens (including phenoxy) is 1. The largest absolute Gasteiger partial charge is 0.382 e. The predicted octanol–water partition coefficient (Wildman–Crippen LogP) is 2.98. The number of hydrogen-bond acceptors (Lipinski definition) is 2. The van der Waals surface area contributed by atoms with E-state index in [1.165, 1.54) is 18.4 Å². The molecule has 0 radical (unpaired) electrons. The van der Waals surface area contributed by atoms with Gasteiger partial charge >= 0.3 is 0 Å². The fourth-order valence-corrected chi connectivity index (χ4v) is 2.06. The van der Waals surface area contributed by atoms with Crippen molar-refractivity contribution in [2.75, 3.05) is 20.3 Å². The molecule has 0 spiro atoms. The number of nitrogens with zero attached hydrogens (tertiary/aromatic N) is 1. The van der Waals surface area contributed by atoms with Crippen LogP contribution in [0.4, 0.5) is 0 Å². The average molecular weight is 238 g/mol. The zero-order valence-corrected chi connectivity index (χ0v) is 11.4. The van der Waals surface area contributed by atoms with Gasteiger partial charge in [0.25, 0.3) is 0 Å². The first-order valence-electron chi connectivity index (χ1n) is 6.72. The van der Waals surface area contributed by atoms with Crippen LogP contribution >= 0.6 is 0 Å². The van der Waals surface area contributed by atoms with E-state index < -0.39 is 0 Å². The Bertz CT molecular complexity index is 296. The molecule has 98 valence electrons. The minimum Gasteiger partial charge on any atom is -0.382 e. The minimum atomic E-state index is 0.494. The van der Waals surface area contributed by atoms with Gasteiger partial charge in [-0.3, -0.25) is 0 Å². The molecule has 1 rings (SSSR count). The molecular weight excluding hydrogens is 212 g/mol. The van der Waals surface area contributed by atoms with Gasteiger partial charge in [-0.15, -0.1) is 0 Å². The molecule has 0 aliphatic rings. The van der Waals surface area contributed by atoms with E-state index in [0.29, 0.717) is 6.04 Å². The average Bonchev–Trinajstić information content (AvgIpc) is 2.80. The van der Waals surface area contributed by atoms with Crippen LogP contribution in [0.1, 0.15) is 44.7 Å². The molecule has 1 unspecified atom stereocenters. The predicted molar refractivity (Wildman–Crippen MR) is 72.3 cm³/mol. The Kier molecular flexibility index (Phi) is 6.97. The summed E-state index contributed by atoms with van der Waals surface area (Å²) >= 11 is 0. The lowest BCUT2D eigenvalue weighted by Gasteiger charge is -2.13. The van der Waals surface area contributed by atoms with Gasteiger partial charge in [-0.1, -0.05) is 13.3 Å². The van der Waals surface area contributed by atoms with Crippen molar-refractivity contribution in [1.82, 2.24) is 9.88 Å². The molecule has 17 heavy (non-hydrogen) atoms. The first-order chi connectivity index (χ1) is 8.31. The maximum atomic E-state index is 5.34. The van der Waals surface area contributed by atoms with Crippen molar-refractivity contribution < 1.29 is 4.74 Å². The van der Waals surface area contributed by atoms with Gasteiger partial charge in [-0.25, -0.2) is 0 Å². The third-order valence-electron chi connectivity index (χ3n) is 3.01. The van der Waals surface area contributed by atoms with Crippen molar-refractivity contribution in [3.8, 4) is 0 Å². The third kappa shape index (κ3) is 4.92. The molecule has 0 aliphatic heterocycles. The van der Waals surface area contributed by atoms with Crippen LogP contribution in [-0.2, 0) is 11.3 Å². The molecule has 0 fully saturated rings. The van der Waals surface area contributed by atoms with Gasteiger partial charge in [0, 0.05) is 38.2 Å². The standard InChI is InChI=1S/C14H26N2O/c1-4-7-14(15-3)13-8-10-16(12-13)9-6-11-17-5-2/h8,10,12,14-15H,4-7,9,11H2,1-3H3. The summed E-state index contributed by atoms with van der Waals surface area (Å²) in [7, 11) is 2.03. The smallest absolute Gasteiger partial charge is 0.0482 e. The molecule has 0 saturated heterocycles. The highest BCUT2D eigenvalue weighted by Gasteiger charge is 2.08. The molecule has 1 aromatic rings. The molecule has 0 saturated carbocycles. The molecule has 0 amide bonds. The zero-order chi connectivity index (χ0) is 12.5. The van der Waals surface area contributed by atoms with Gasteiger partial charge in [0.05, 0.1) is 0 Å². The molecular formula is C14H26N2O. The second-order valence-electron chi connectivity index (χ2n) is 4.36. The van der Waals surface area contributed by atoms with Gasteiger partial charge in [0.15, 0.2) is 0 Å². The van der Waals surface area contributed by atoms with Gasteiger partial charge in [0.2, 0.25) is 0 Å². The molecule has 1 aromatic heterocycles. The number of aromatic nitrogens is 1. The molecule has 0 bridgehead atoms. The maximum Gasteiger partial charge on any atom is 0.0482 e. The van der Waals surface area contributed by atoms with Crippen LogP contribution < -0.4 is 5.32 Å². The summed E-state index contributed by atoms with van der Waals surface area (Å²) in [4.78, 5) is 0. The third-order valence-corrected chi connectivity index (χ3v) is 3.01. The SMILES string of the molecule is CCCC(NC)c1ccn(CCCOCC)c1. The topological polar surface area (TPSA) is 26.2 Å². The van der Waals surface area contributed by atoms with Crippen molar-refractivity contribution >= 4 is 0 Å². The van der Waals surface area contributed by atoms with E-state index in [-0.39, 0.29) is 0 Å². The number of nitrogens with one attached hydrogen (secondary N) is 1. The lowest BCUT2D eigenvalue weighted by atomic mass is 10.1. The van der Waals surface area contributed by atoms with Gasteiger partial charge in [0.1, 0.15) is 0 Å². The fraction of sp³-hybridized carbons (Fsp3) is 0.714. The highest BCUT2D eigenvalue weighted by atomic mass is 16.5. The molecule has 0 aromatic carbocycles. The van der Waals surface area contributed by atoms with Crippen LogP contribution in [0.25, 0.3) is 0 Å². The minimum absolute atomic E-state index is 0.494. The molecule has 1 heterocycles. The first kappa shape index (κ1) is 14.3. The van der Waals surface area contributed by atoms with Gasteiger partial charge in [-0.05, 0) is 38.4 Å². The molecule has 3 nitrogen and oxygen atoms in total. The first-order valence-corrected chi connectivity index (χ1v) is 6.72. The lowest BCUT2D eigenvalue weighted by molar-refractivity contribution is 0.141. The van der Waals surface area contributed by atoms with Crippen LogP contribution in [0.2, 0.25) is 0 Å². The van der Waals surface area contributed by atoms with Crippen LogP contribution in [0.3, 0.4) is 0 Å². The summed E-state index contributed by atoms with van der Waals surface area (Å²) < 4.78 is 7.60. The highest BCUT2D eigenvalue weighted by molar-refractivity contribution is 5.15. The van der Waals surface area contributed by atoms with E-state index in [9.17, 15) is 0 Å². The second-order valence-corrected chi connectivity index (χ2v) is 4.36. The highest BCUT2D eigenvalue weighted by Crippen LogP contribution is 2.18. The van der Waals surface area contributed by atoms with Crippen molar-refractivity contribution in [3.63, 3.8) is 0 Å². The Hall–Kier alpha value is -0.800. The summed E-state index contributed by atoms with van der Waals surface area (Å²) in [5, 5.41) is 3.37. The van der Waals surface area contributed by atoms with Crippen molar-refractivity contribution in [2.24, 2.45) is 0 Å².